The van der Waals surface area contributed by atoms with Gasteiger partial charge in [-0.05, 0) is 43.4 Å². The van der Waals surface area contributed by atoms with Gasteiger partial charge in [-0.1, -0.05) is 23.2 Å². The molecule has 1 aromatic rings. The molecule has 2 saturated heterocycles. The van der Waals surface area contributed by atoms with E-state index in [-0.39, 0.29) is 11.9 Å². The molecule has 2 aliphatic heterocycles. The van der Waals surface area contributed by atoms with Crippen LogP contribution in [0.5, 0.6) is 0 Å². The lowest BCUT2D eigenvalue weighted by atomic mass is 10.1. The third kappa shape index (κ3) is 3.36. The van der Waals surface area contributed by atoms with Crippen molar-refractivity contribution in [2.75, 3.05) is 19.7 Å². The predicted molar refractivity (Wildman–Crippen MR) is 90.2 cm³/mol. The molecule has 124 valence electrons. The van der Waals surface area contributed by atoms with Crippen LogP contribution in [0.1, 0.15) is 29.6 Å². The van der Waals surface area contributed by atoms with Crippen LogP contribution in [-0.4, -0.2) is 48.7 Å². The summed E-state index contributed by atoms with van der Waals surface area (Å²) in [6.45, 7) is 2.71. The third-order valence-electron chi connectivity index (χ3n) is 5.11. The Morgan fingerprint density at radius 3 is 2.78 bits per heavy atom. The Labute approximate surface area is 146 Å². The van der Waals surface area contributed by atoms with Gasteiger partial charge in [0, 0.05) is 30.7 Å². The van der Waals surface area contributed by atoms with Crippen LogP contribution in [0.15, 0.2) is 18.2 Å². The lowest BCUT2D eigenvalue weighted by molar-refractivity contribution is -0.0581. The normalized spacial score (nSPS) is 31.0. The van der Waals surface area contributed by atoms with Crippen molar-refractivity contribution < 1.29 is 9.53 Å². The number of nitrogens with zero attached hydrogens (tertiary/aromatic N) is 1. The molecule has 1 amide bonds. The van der Waals surface area contributed by atoms with E-state index < -0.39 is 0 Å². The van der Waals surface area contributed by atoms with Crippen LogP contribution in [0.25, 0.3) is 0 Å². The number of hydrogen-bond acceptors (Lipinski definition) is 3. The van der Waals surface area contributed by atoms with Crippen LogP contribution < -0.4 is 5.32 Å². The van der Waals surface area contributed by atoms with Gasteiger partial charge in [0.05, 0.1) is 22.8 Å². The van der Waals surface area contributed by atoms with Crippen molar-refractivity contribution in [3.05, 3.63) is 33.8 Å². The van der Waals surface area contributed by atoms with Crippen molar-refractivity contribution in [2.24, 2.45) is 5.92 Å². The highest BCUT2D eigenvalue weighted by molar-refractivity contribution is 6.42. The second-order valence-electron chi connectivity index (χ2n) is 6.85. The first-order valence-electron chi connectivity index (χ1n) is 8.21. The third-order valence-corrected chi connectivity index (χ3v) is 5.85. The maximum absolute atomic E-state index is 12.4. The molecule has 3 fully saturated rings. The summed E-state index contributed by atoms with van der Waals surface area (Å²) in [6.07, 6.45) is 3.96. The molecule has 3 aliphatic rings. The molecular weight excluding hydrogens is 335 g/mol. The fraction of sp³-hybridized carbons (Fsp3) is 0.588. The van der Waals surface area contributed by atoms with Crippen LogP contribution in [-0.2, 0) is 4.74 Å². The topological polar surface area (TPSA) is 41.6 Å². The van der Waals surface area contributed by atoms with E-state index in [4.69, 9.17) is 27.9 Å². The molecule has 3 atom stereocenters. The molecule has 1 N–H and O–H groups in total. The van der Waals surface area contributed by atoms with E-state index in [0.29, 0.717) is 27.8 Å². The summed E-state index contributed by atoms with van der Waals surface area (Å²) in [5, 5.41) is 3.99. The first kappa shape index (κ1) is 15.7. The monoisotopic (exact) mass is 354 g/mol. The molecule has 1 aliphatic carbocycles. The van der Waals surface area contributed by atoms with E-state index in [1.54, 1.807) is 18.2 Å². The average Bonchev–Trinajstić information content (AvgIpc) is 3.30. The second-order valence-corrected chi connectivity index (χ2v) is 7.67. The lowest BCUT2D eigenvalue weighted by Crippen LogP contribution is -2.47. The quantitative estimate of drug-likeness (QED) is 0.907. The Hall–Kier alpha value is -0.810. The van der Waals surface area contributed by atoms with Gasteiger partial charge in [-0.15, -0.1) is 0 Å². The minimum atomic E-state index is -0.0897. The van der Waals surface area contributed by atoms with Crippen molar-refractivity contribution in [1.82, 2.24) is 10.2 Å². The number of amides is 1. The van der Waals surface area contributed by atoms with Gasteiger partial charge in [-0.25, -0.2) is 0 Å². The predicted octanol–water partition coefficient (Wildman–Crippen LogP) is 2.97. The number of benzene rings is 1. The van der Waals surface area contributed by atoms with Crippen LogP contribution in [0, 0.1) is 5.92 Å². The number of carbonyl (C=O) groups excluding carboxylic acids is 1. The summed E-state index contributed by atoms with van der Waals surface area (Å²) in [5.41, 5.74) is 0.552. The van der Waals surface area contributed by atoms with Crippen molar-refractivity contribution in [1.29, 1.82) is 0 Å². The molecule has 1 aromatic carbocycles. The molecule has 0 radical (unpaired) electrons. The average molecular weight is 355 g/mol. The van der Waals surface area contributed by atoms with Crippen LogP contribution in [0.3, 0.4) is 0 Å². The summed E-state index contributed by atoms with van der Waals surface area (Å²) in [6, 6.07) is 5.59. The maximum atomic E-state index is 12.4. The van der Waals surface area contributed by atoms with E-state index >= 15 is 0 Å². The van der Waals surface area contributed by atoms with Gasteiger partial charge in [0.25, 0.3) is 5.91 Å². The highest BCUT2D eigenvalue weighted by Gasteiger charge is 2.42. The number of nitrogens with one attached hydrogen (secondary N) is 1. The van der Waals surface area contributed by atoms with Gasteiger partial charge in [0.2, 0.25) is 0 Å². The first-order chi connectivity index (χ1) is 11.1. The number of hydrogen-bond donors (Lipinski definition) is 1. The number of morpholine rings is 1. The van der Waals surface area contributed by atoms with Crippen LogP contribution in [0.4, 0.5) is 0 Å². The molecule has 0 spiro atoms. The van der Waals surface area contributed by atoms with Gasteiger partial charge >= 0.3 is 0 Å². The van der Waals surface area contributed by atoms with Crippen molar-refractivity contribution in [2.45, 2.75) is 37.5 Å². The zero-order valence-electron chi connectivity index (χ0n) is 12.8. The molecule has 23 heavy (non-hydrogen) atoms. The molecule has 6 heteroatoms. The van der Waals surface area contributed by atoms with Crippen molar-refractivity contribution >= 4 is 29.1 Å². The molecule has 4 rings (SSSR count). The largest absolute Gasteiger partial charge is 0.375 e. The van der Waals surface area contributed by atoms with E-state index in [2.05, 4.69) is 10.2 Å². The zero-order valence-corrected chi connectivity index (χ0v) is 14.3. The fourth-order valence-corrected chi connectivity index (χ4v) is 3.96. The highest BCUT2D eigenvalue weighted by atomic mass is 35.5. The van der Waals surface area contributed by atoms with Crippen molar-refractivity contribution in [3.8, 4) is 0 Å². The maximum Gasteiger partial charge on any atom is 0.251 e. The van der Waals surface area contributed by atoms with E-state index in [0.717, 1.165) is 32.0 Å². The van der Waals surface area contributed by atoms with E-state index in [1.165, 1.54) is 12.8 Å². The molecule has 1 saturated carbocycles. The SMILES string of the molecule is O=C(N[C@H]1C[C@H]2CO[C@H](C3CC3)CN2C1)c1ccc(Cl)c(Cl)c1. The van der Waals surface area contributed by atoms with Gasteiger partial charge in [0.1, 0.15) is 0 Å². The molecule has 0 unspecified atom stereocenters. The number of ether oxygens (including phenoxy) is 1. The Balaban J connectivity index is 1.36. The van der Waals surface area contributed by atoms with Gasteiger partial charge in [-0.2, -0.15) is 0 Å². The minimum absolute atomic E-state index is 0.0897. The Kier molecular flexibility index (Phi) is 4.26. The lowest BCUT2D eigenvalue weighted by Gasteiger charge is -2.35. The van der Waals surface area contributed by atoms with Crippen LogP contribution >= 0.6 is 23.2 Å². The van der Waals surface area contributed by atoms with E-state index in [1.807, 2.05) is 0 Å². The van der Waals surface area contributed by atoms with Crippen molar-refractivity contribution in [3.63, 3.8) is 0 Å². The van der Waals surface area contributed by atoms with Crippen LogP contribution in [0.2, 0.25) is 10.0 Å². The fourth-order valence-electron chi connectivity index (χ4n) is 3.66. The molecule has 2 heterocycles. The Morgan fingerprint density at radius 1 is 1.22 bits per heavy atom. The molecule has 4 nitrogen and oxygen atoms in total. The molecular formula is C17H20Cl2N2O2. The second kappa shape index (κ2) is 6.25. The standard InChI is InChI=1S/C17H20Cl2N2O2/c18-14-4-3-11(5-15(14)19)17(22)20-12-6-13-9-23-16(10-1-2-10)8-21(13)7-12/h3-5,10,12-13,16H,1-2,6-9H2,(H,20,22)/t12-,13-,16-/m0/s1. The number of carbonyl (C=O) groups is 1. The summed E-state index contributed by atoms with van der Waals surface area (Å²) in [7, 11) is 0. The van der Waals surface area contributed by atoms with Gasteiger partial charge < -0.3 is 10.1 Å². The summed E-state index contributed by atoms with van der Waals surface area (Å²) in [4.78, 5) is 14.9. The highest BCUT2D eigenvalue weighted by Crippen LogP contribution is 2.37. The summed E-state index contributed by atoms with van der Waals surface area (Å²) in [5.74, 6) is 0.675. The number of fused-ring (bicyclic) bond motifs is 1. The number of halogens is 2. The van der Waals surface area contributed by atoms with Gasteiger partial charge in [0.15, 0.2) is 0 Å². The van der Waals surface area contributed by atoms with Gasteiger partial charge in [-0.3, -0.25) is 9.69 Å². The molecule has 0 bridgehead atoms. The first-order valence-corrected chi connectivity index (χ1v) is 8.97. The number of rotatable bonds is 3. The molecule has 0 aromatic heterocycles. The van der Waals surface area contributed by atoms with E-state index in [9.17, 15) is 4.79 Å². The minimum Gasteiger partial charge on any atom is -0.375 e. The zero-order chi connectivity index (χ0) is 16.0. The smallest absolute Gasteiger partial charge is 0.251 e. The summed E-state index contributed by atoms with van der Waals surface area (Å²) >= 11 is 11.9. The Morgan fingerprint density at radius 2 is 2.04 bits per heavy atom. The Bertz CT molecular complexity index is 621. The summed E-state index contributed by atoms with van der Waals surface area (Å²) < 4.78 is 6.00.